The highest BCUT2D eigenvalue weighted by molar-refractivity contribution is 7.99. The topological polar surface area (TPSA) is 98.3 Å². The van der Waals surface area contributed by atoms with Crippen LogP contribution in [0.15, 0.2) is 36.7 Å². The minimum atomic E-state index is 0.239. The zero-order chi connectivity index (χ0) is 24.6. The minimum absolute atomic E-state index is 0.239. The monoisotopic (exact) mass is 517 g/mol. The van der Waals surface area contributed by atoms with Crippen molar-refractivity contribution in [3.8, 4) is 28.0 Å². The Hall–Kier alpha value is -3.20. The summed E-state index contributed by atoms with van der Waals surface area (Å²) in [4.78, 5) is 9.79. The second kappa shape index (κ2) is 9.69. The Kier molecular flexibility index (Phi) is 6.25. The first-order chi connectivity index (χ1) is 17.6. The minimum Gasteiger partial charge on any atom is -0.382 e. The standard InChI is InChI=1S/C25H27N9S2/c1-16(2)29-21-10-22(23-4-3-18-9-17(11-26)12-28-34(18)23)27-13-20(21)24-30-31-25(36-24)33-6-5-32-7-8-35-15-19(32)14-33/h3-4,9-10,12-13,16,19H,5-8,14-15H2,1-2H3,(H,27,29)/t19-/m1/s1. The zero-order valence-electron chi connectivity index (χ0n) is 20.3. The van der Waals surface area contributed by atoms with Gasteiger partial charge in [-0.15, -0.1) is 10.2 Å². The summed E-state index contributed by atoms with van der Waals surface area (Å²) in [5.41, 5.74) is 4.98. The Bertz CT molecular complexity index is 1440. The summed E-state index contributed by atoms with van der Waals surface area (Å²) in [5.74, 6) is 2.43. The van der Waals surface area contributed by atoms with Crippen LogP contribution in [0.5, 0.6) is 0 Å². The van der Waals surface area contributed by atoms with Crippen LogP contribution >= 0.6 is 23.1 Å². The number of hydrogen-bond acceptors (Lipinski definition) is 10. The van der Waals surface area contributed by atoms with E-state index in [2.05, 4.69) is 68.2 Å². The lowest BCUT2D eigenvalue weighted by Crippen LogP contribution is -2.56. The molecule has 2 saturated heterocycles. The third kappa shape index (κ3) is 4.40. The van der Waals surface area contributed by atoms with E-state index in [0.29, 0.717) is 11.6 Å². The van der Waals surface area contributed by atoms with Gasteiger partial charge in [-0.2, -0.15) is 22.1 Å². The van der Waals surface area contributed by atoms with E-state index in [1.54, 1.807) is 17.5 Å². The van der Waals surface area contributed by atoms with Gasteiger partial charge in [-0.05, 0) is 38.1 Å². The molecule has 0 spiro atoms. The first kappa shape index (κ1) is 23.2. The molecule has 0 radical (unpaired) electrons. The Morgan fingerprint density at radius 2 is 2.06 bits per heavy atom. The van der Waals surface area contributed by atoms with Gasteiger partial charge in [0, 0.05) is 61.7 Å². The smallest absolute Gasteiger partial charge is 0.208 e. The van der Waals surface area contributed by atoms with E-state index in [1.165, 1.54) is 18.1 Å². The van der Waals surface area contributed by atoms with Crippen molar-refractivity contribution in [2.24, 2.45) is 0 Å². The van der Waals surface area contributed by atoms with E-state index in [0.717, 1.165) is 57.9 Å². The summed E-state index contributed by atoms with van der Waals surface area (Å²) in [6.07, 6.45) is 3.45. The molecular formula is C25H27N9S2. The molecular weight excluding hydrogens is 490 g/mol. The molecule has 0 saturated carbocycles. The lowest BCUT2D eigenvalue weighted by atomic mass is 10.1. The molecule has 0 amide bonds. The van der Waals surface area contributed by atoms with Crippen molar-refractivity contribution in [1.29, 1.82) is 5.26 Å². The number of nitriles is 1. The summed E-state index contributed by atoms with van der Waals surface area (Å²) in [6, 6.07) is 10.8. The summed E-state index contributed by atoms with van der Waals surface area (Å²) < 4.78 is 1.81. The highest BCUT2D eigenvalue weighted by Crippen LogP contribution is 2.36. The maximum atomic E-state index is 9.18. The average molecular weight is 518 g/mol. The van der Waals surface area contributed by atoms with Gasteiger partial charge in [0.05, 0.1) is 34.2 Å². The number of nitrogens with zero attached hydrogens (tertiary/aromatic N) is 8. The van der Waals surface area contributed by atoms with Gasteiger partial charge in [-0.25, -0.2) is 4.52 Å². The normalized spacial score (nSPS) is 18.4. The molecule has 1 N–H and O–H groups in total. The number of anilines is 2. The molecule has 184 valence electrons. The quantitative estimate of drug-likeness (QED) is 0.423. The molecule has 11 heteroatoms. The molecule has 6 rings (SSSR count). The van der Waals surface area contributed by atoms with Crippen molar-refractivity contribution in [1.82, 2.24) is 29.7 Å². The molecule has 36 heavy (non-hydrogen) atoms. The van der Waals surface area contributed by atoms with E-state index in [4.69, 9.17) is 4.98 Å². The van der Waals surface area contributed by atoms with E-state index >= 15 is 0 Å². The summed E-state index contributed by atoms with van der Waals surface area (Å²) in [6.45, 7) is 8.53. The fourth-order valence-electron chi connectivity index (χ4n) is 4.82. The number of hydrogen-bond donors (Lipinski definition) is 1. The second-order valence-electron chi connectivity index (χ2n) is 9.43. The van der Waals surface area contributed by atoms with Gasteiger partial charge in [0.1, 0.15) is 6.07 Å². The lowest BCUT2D eigenvalue weighted by Gasteiger charge is -2.43. The van der Waals surface area contributed by atoms with Crippen LogP contribution in [0.1, 0.15) is 19.4 Å². The Labute approximate surface area is 218 Å². The lowest BCUT2D eigenvalue weighted by molar-refractivity contribution is 0.198. The van der Waals surface area contributed by atoms with Crippen molar-refractivity contribution in [2.45, 2.75) is 25.9 Å². The van der Waals surface area contributed by atoms with Crippen molar-refractivity contribution < 1.29 is 0 Å². The number of thioether (sulfide) groups is 1. The van der Waals surface area contributed by atoms with Gasteiger partial charge in [-0.3, -0.25) is 9.88 Å². The number of pyridine rings is 1. The first-order valence-electron chi connectivity index (χ1n) is 12.1. The predicted molar refractivity (Wildman–Crippen MR) is 146 cm³/mol. The van der Waals surface area contributed by atoms with Gasteiger partial charge in [-0.1, -0.05) is 11.3 Å². The third-order valence-corrected chi connectivity index (χ3v) is 8.70. The molecule has 4 aromatic heterocycles. The Morgan fingerprint density at radius 3 is 2.92 bits per heavy atom. The fourth-order valence-corrected chi connectivity index (χ4v) is 6.85. The Balaban J connectivity index is 1.31. The molecule has 0 aromatic carbocycles. The third-order valence-electron chi connectivity index (χ3n) is 6.59. The SMILES string of the molecule is CC(C)Nc1cc(-c2ccc3cc(C#N)cnn23)ncc1-c1nnc(N2CCN3CCSC[C@H]3C2)s1. The van der Waals surface area contributed by atoms with Crippen LogP contribution in [0.4, 0.5) is 10.8 Å². The number of piperazine rings is 1. The molecule has 4 aromatic rings. The molecule has 2 fully saturated rings. The van der Waals surface area contributed by atoms with Crippen LogP contribution in [0, 0.1) is 11.3 Å². The van der Waals surface area contributed by atoms with Crippen LogP contribution in [0.25, 0.3) is 27.5 Å². The first-order valence-corrected chi connectivity index (χ1v) is 14.1. The largest absolute Gasteiger partial charge is 0.382 e. The molecule has 2 aliphatic heterocycles. The van der Waals surface area contributed by atoms with Gasteiger partial charge in [0.2, 0.25) is 5.13 Å². The molecule has 0 bridgehead atoms. The molecule has 2 aliphatic rings. The molecule has 6 heterocycles. The maximum Gasteiger partial charge on any atom is 0.208 e. The van der Waals surface area contributed by atoms with Crippen molar-refractivity contribution in [3.63, 3.8) is 0 Å². The highest BCUT2D eigenvalue weighted by atomic mass is 32.2. The van der Waals surface area contributed by atoms with Crippen molar-refractivity contribution >= 4 is 39.4 Å². The number of fused-ring (bicyclic) bond motifs is 2. The van der Waals surface area contributed by atoms with Crippen LogP contribution in [0.3, 0.4) is 0 Å². The number of aromatic nitrogens is 5. The van der Waals surface area contributed by atoms with E-state index in [1.807, 2.05) is 28.9 Å². The van der Waals surface area contributed by atoms with Crippen LogP contribution in [0.2, 0.25) is 0 Å². The van der Waals surface area contributed by atoms with Crippen molar-refractivity contribution in [2.75, 3.05) is 47.9 Å². The molecule has 1 atom stereocenters. The van der Waals surface area contributed by atoms with E-state index in [9.17, 15) is 5.26 Å². The number of rotatable bonds is 5. The summed E-state index contributed by atoms with van der Waals surface area (Å²) >= 11 is 3.69. The summed E-state index contributed by atoms with van der Waals surface area (Å²) in [5, 5.41) is 28.2. The zero-order valence-corrected chi connectivity index (χ0v) is 21.9. The van der Waals surface area contributed by atoms with E-state index in [-0.39, 0.29) is 6.04 Å². The van der Waals surface area contributed by atoms with Crippen LogP contribution in [-0.4, -0.2) is 79.5 Å². The number of nitrogens with one attached hydrogen (secondary N) is 1. The molecule has 9 nitrogen and oxygen atoms in total. The van der Waals surface area contributed by atoms with Crippen LogP contribution < -0.4 is 10.2 Å². The average Bonchev–Trinajstić information content (AvgIpc) is 3.55. The van der Waals surface area contributed by atoms with Gasteiger partial charge in [0.15, 0.2) is 5.01 Å². The van der Waals surface area contributed by atoms with Crippen molar-refractivity contribution in [3.05, 3.63) is 42.2 Å². The van der Waals surface area contributed by atoms with Crippen LogP contribution in [-0.2, 0) is 0 Å². The second-order valence-corrected chi connectivity index (χ2v) is 11.5. The van der Waals surface area contributed by atoms with Gasteiger partial charge < -0.3 is 10.2 Å². The highest BCUT2D eigenvalue weighted by Gasteiger charge is 2.31. The van der Waals surface area contributed by atoms with Gasteiger partial charge >= 0.3 is 0 Å². The fraction of sp³-hybridized carbons (Fsp3) is 0.400. The van der Waals surface area contributed by atoms with E-state index < -0.39 is 0 Å². The molecule has 0 unspecified atom stereocenters. The maximum absolute atomic E-state index is 9.18. The Morgan fingerprint density at radius 1 is 1.14 bits per heavy atom. The van der Waals surface area contributed by atoms with Gasteiger partial charge in [0.25, 0.3) is 0 Å². The molecule has 0 aliphatic carbocycles. The summed E-state index contributed by atoms with van der Waals surface area (Å²) in [7, 11) is 0. The predicted octanol–water partition coefficient (Wildman–Crippen LogP) is 3.84.